The summed E-state index contributed by atoms with van der Waals surface area (Å²) in [6, 6.07) is 5.89. The van der Waals surface area contributed by atoms with Gasteiger partial charge in [0.25, 0.3) is 5.91 Å². The Labute approximate surface area is 131 Å². The van der Waals surface area contributed by atoms with E-state index in [4.69, 9.17) is 10.5 Å². The van der Waals surface area contributed by atoms with Crippen LogP contribution in [0.2, 0.25) is 0 Å². The van der Waals surface area contributed by atoms with Crippen molar-refractivity contribution in [3.63, 3.8) is 0 Å². The Morgan fingerprint density at radius 2 is 2.00 bits per heavy atom. The molecule has 22 heavy (non-hydrogen) atoms. The zero-order chi connectivity index (χ0) is 16.4. The lowest BCUT2D eigenvalue weighted by atomic mass is 9.98. The van der Waals surface area contributed by atoms with Crippen LogP contribution in [-0.4, -0.2) is 17.6 Å². The van der Waals surface area contributed by atoms with Crippen molar-refractivity contribution in [2.45, 2.75) is 27.3 Å². The standard InChI is InChI=1S/C18H22N2O2/c1-6-9-20-12(3)16(17(13(20)4)18(19)21)14-7-8-15(22-5)11(2)10-14/h6-8,10H,1,9H2,2-5H3,(H2,19,21). The van der Waals surface area contributed by atoms with Crippen molar-refractivity contribution < 1.29 is 9.53 Å². The van der Waals surface area contributed by atoms with Gasteiger partial charge in [-0.2, -0.15) is 0 Å². The highest BCUT2D eigenvalue weighted by molar-refractivity contribution is 6.02. The fourth-order valence-electron chi connectivity index (χ4n) is 2.97. The Kier molecular flexibility index (Phi) is 4.40. The van der Waals surface area contributed by atoms with Crippen LogP contribution in [0.3, 0.4) is 0 Å². The van der Waals surface area contributed by atoms with Crippen molar-refractivity contribution in [2.24, 2.45) is 5.73 Å². The molecule has 1 aromatic carbocycles. The Morgan fingerprint density at radius 3 is 2.50 bits per heavy atom. The van der Waals surface area contributed by atoms with Crippen molar-refractivity contribution in [2.75, 3.05) is 7.11 Å². The molecule has 4 heteroatoms. The molecule has 1 amide bonds. The van der Waals surface area contributed by atoms with E-state index in [9.17, 15) is 4.79 Å². The minimum absolute atomic E-state index is 0.410. The molecule has 0 unspecified atom stereocenters. The lowest BCUT2D eigenvalue weighted by Crippen LogP contribution is -2.13. The van der Waals surface area contributed by atoms with Crippen LogP contribution >= 0.6 is 0 Å². The maximum Gasteiger partial charge on any atom is 0.251 e. The molecule has 0 saturated carbocycles. The van der Waals surface area contributed by atoms with E-state index in [-0.39, 0.29) is 0 Å². The van der Waals surface area contributed by atoms with E-state index in [0.717, 1.165) is 33.8 Å². The van der Waals surface area contributed by atoms with E-state index in [0.29, 0.717) is 12.1 Å². The molecule has 1 heterocycles. The number of primary amides is 1. The van der Waals surface area contributed by atoms with Gasteiger partial charge < -0.3 is 15.0 Å². The van der Waals surface area contributed by atoms with Crippen molar-refractivity contribution >= 4 is 5.91 Å². The lowest BCUT2D eigenvalue weighted by molar-refractivity contribution is 0.1000. The van der Waals surface area contributed by atoms with Gasteiger partial charge in [0.15, 0.2) is 0 Å². The number of aryl methyl sites for hydroxylation is 1. The molecule has 2 rings (SSSR count). The number of rotatable bonds is 5. The molecule has 116 valence electrons. The predicted molar refractivity (Wildman–Crippen MR) is 89.3 cm³/mol. The van der Waals surface area contributed by atoms with E-state index in [1.807, 2.05) is 45.0 Å². The van der Waals surface area contributed by atoms with Crippen LogP contribution in [0.15, 0.2) is 30.9 Å². The average Bonchev–Trinajstić information content (AvgIpc) is 2.72. The van der Waals surface area contributed by atoms with Gasteiger partial charge in [-0.25, -0.2) is 0 Å². The molecule has 1 aromatic heterocycles. The minimum atomic E-state index is -0.410. The number of nitrogens with zero attached hydrogens (tertiary/aromatic N) is 1. The van der Waals surface area contributed by atoms with Gasteiger partial charge in [-0.1, -0.05) is 12.1 Å². The second-order valence-electron chi connectivity index (χ2n) is 5.37. The molecule has 0 spiro atoms. The van der Waals surface area contributed by atoms with Crippen molar-refractivity contribution in [1.29, 1.82) is 0 Å². The molecule has 0 aliphatic carbocycles. The van der Waals surface area contributed by atoms with Crippen LogP contribution in [0.5, 0.6) is 5.75 Å². The Morgan fingerprint density at radius 1 is 1.32 bits per heavy atom. The zero-order valence-corrected chi connectivity index (χ0v) is 13.6. The fourth-order valence-corrected chi connectivity index (χ4v) is 2.97. The highest BCUT2D eigenvalue weighted by atomic mass is 16.5. The number of hydrogen-bond acceptors (Lipinski definition) is 2. The third-order valence-corrected chi connectivity index (χ3v) is 4.02. The smallest absolute Gasteiger partial charge is 0.251 e. The Hall–Kier alpha value is -2.49. The first-order chi connectivity index (χ1) is 10.4. The Bertz CT molecular complexity index is 742. The van der Waals surface area contributed by atoms with Gasteiger partial charge in [0.1, 0.15) is 5.75 Å². The van der Waals surface area contributed by atoms with Crippen LogP contribution in [0, 0.1) is 20.8 Å². The van der Waals surface area contributed by atoms with Gasteiger partial charge in [0.2, 0.25) is 0 Å². The summed E-state index contributed by atoms with van der Waals surface area (Å²) in [5, 5.41) is 0. The molecule has 0 fully saturated rings. The van der Waals surface area contributed by atoms with Gasteiger partial charge >= 0.3 is 0 Å². The van der Waals surface area contributed by atoms with Gasteiger partial charge in [0, 0.05) is 23.5 Å². The van der Waals surface area contributed by atoms with Crippen molar-refractivity contribution in [1.82, 2.24) is 4.57 Å². The third kappa shape index (κ3) is 2.52. The second kappa shape index (κ2) is 6.10. The molecular formula is C18H22N2O2. The summed E-state index contributed by atoms with van der Waals surface area (Å²) in [4.78, 5) is 12.0. The second-order valence-corrected chi connectivity index (χ2v) is 5.37. The number of aromatic nitrogens is 1. The summed E-state index contributed by atoms with van der Waals surface area (Å²) >= 11 is 0. The van der Waals surface area contributed by atoms with Crippen LogP contribution in [0.25, 0.3) is 11.1 Å². The van der Waals surface area contributed by atoms with Gasteiger partial charge in [-0.3, -0.25) is 4.79 Å². The van der Waals surface area contributed by atoms with Gasteiger partial charge in [-0.15, -0.1) is 6.58 Å². The number of amides is 1. The first-order valence-electron chi connectivity index (χ1n) is 7.17. The number of carbonyl (C=O) groups excluding carboxylic acids is 1. The summed E-state index contributed by atoms with van der Waals surface area (Å²) < 4.78 is 7.36. The normalized spacial score (nSPS) is 10.5. The third-order valence-electron chi connectivity index (χ3n) is 4.02. The molecular weight excluding hydrogens is 276 g/mol. The number of hydrogen-bond donors (Lipinski definition) is 1. The maximum atomic E-state index is 12.0. The van der Waals surface area contributed by atoms with Crippen molar-refractivity contribution in [3.05, 3.63) is 53.4 Å². The van der Waals surface area contributed by atoms with E-state index < -0.39 is 5.91 Å². The molecule has 4 nitrogen and oxygen atoms in total. The highest BCUT2D eigenvalue weighted by Crippen LogP contribution is 2.34. The minimum Gasteiger partial charge on any atom is -0.496 e. The summed E-state index contributed by atoms with van der Waals surface area (Å²) in [7, 11) is 1.65. The fraction of sp³-hybridized carbons (Fsp3) is 0.278. The largest absolute Gasteiger partial charge is 0.496 e. The van der Waals surface area contributed by atoms with E-state index in [1.165, 1.54) is 0 Å². The topological polar surface area (TPSA) is 57.2 Å². The number of ether oxygens (including phenoxy) is 1. The molecule has 0 aliphatic rings. The SMILES string of the molecule is C=CCn1c(C)c(C(N)=O)c(-c2ccc(OC)c(C)c2)c1C. The van der Waals surface area contributed by atoms with Crippen LogP contribution in [0.1, 0.15) is 27.3 Å². The van der Waals surface area contributed by atoms with E-state index in [2.05, 4.69) is 11.1 Å². The monoisotopic (exact) mass is 298 g/mol. The van der Waals surface area contributed by atoms with Crippen molar-refractivity contribution in [3.8, 4) is 16.9 Å². The van der Waals surface area contributed by atoms with Crippen LogP contribution < -0.4 is 10.5 Å². The van der Waals surface area contributed by atoms with Crippen LogP contribution in [0.4, 0.5) is 0 Å². The molecule has 0 saturated heterocycles. The van der Waals surface area contributed by atoms with E-state index in [1.54, 1.807) is 7.11 Å². The lowest BCUT2D eigenvalue weighted by Gasteiger charge is -2.09. The quantitative estimate of drug-likeness (QED) is 0.860. The average molecular weight is 298 g/mol. The maximum absolute atomic E-state index is 12.0. The number of benzene rings is 1. The van der Waals surface area contributed by atoms with Crippen LogP contribution in [-0.2, 0) is 6.54 Å². The summed E-state index contributed by atoms with van der Waals surface area (Å²) in [6.45, 7) is 10.3. The molecule has 2 N–H and O–H groups in total. The molecule has 2 aromatic rings. The number of methoxy groups -OCH3 is 1. The number of allylic oxidation sites excluding steroid dienone is 1. The zero-order valence-electron chi connectivity index (χ0n) is 13.6. The van der Waals surface area contributed by atoms with Gasteiger partial charge in [0.05, 0.1) is 12.7 Å². The highest BCUT2D eigenvalue weighted by Gasteiger charge is 2.22. The summed E-state index contributed by atoms with van der Waals surface area (Å²) in [6.07, 6.45) is 1.81. The molecule has 0 radical (unpaired) electrons. The summed E-state index contributed by atoms with van der Waals surface area (Å²) in [5.74, 6) is 0.413. The number of carbonyl (C=O) groups is 1. The molecule has 0 bridgehead atoms. The van der Waals surface area contributed by atoms with Gasteiger partial charge in [-0.05, 0) is 44.0 Å². The Balaban J connectivity index is 2.73. The van der Waals surface area contributed by atoms with E-state index >= 15 is 0 Å². The predicted octanol–water partition coefficient (Wildman–Crippen LogP) is 3.37. The first kappa shape index (κ1) is 15.9. The summed E-state index contributed by atoms with van der Waals surface area (Å²) in [5.41, 5.74) is 10.9. The molecule has 0 atom stereocenters. The number of nitrogens with two attached hydrogens (primary N) is 1. The molecule has 0 aliphatic heterocycles. The first-order valence-corrected chi connectivity index (χ1v) is 7.17.